The van der Waals surface area contributed by atoms with Gasteiger partial charge in [-0.05, 0) is 17.9 Å². The zero-order valence-corrected chi connectivity index (χ0v) is 6.49. The Morgan fingerprint density at radius 3 is 2.89 bits per heavy atom. The van der Waals surface area contributed by atoms with Crippen molar-refractivity contribution in [3.05, 3.63) is 0 Å². The Morgan fingerprint density at radius 2 is 2.44 bits per heavy atom. The number of thioether (sulfide) groups is 1. The van der Waals surface area contributed by atoms with Gasteiger partial charge in [0, 0.05) is 0 Å². The standard InChI is InChI=1S/C6H13NOS/c1-2-9-4-3-6(7)5-8/h5-6H,2-4,7H2,1H3. The molecule has 0 aliphatic heterocycles. The molecule has 0 aromatic carbocycles. The number of aldehydes is 1. The predicted molar refractivity (Wildman–Crippen MR) is 41.7 cm³/mol. The van der Waals surface area contributed by atoms with Crippen LogP contribution in [-0.4, -0.2) is 23.8 Å². The van der Waals surface area contributed by atoms with Gasteiger partial charge in [-0.3, -0.25) is 0 Å². The van der Waals surface area contributed by atoms with Crippen molar-refractivity contribution in [2.45, 2.75) is 19.4 Å². The van der Waals surface area contributed by atoms with E-state index in [1.165, 1.54) is 0 Å². The molecule has 54 valence electrons. The molecule has 0 heterocycles. The van der Waals surface area contributed by atoms with Gasteiger partial charge in [-0.1, -0.05) is 6.92 Å². The van der Waals surface area contributed by atoms with Crippen molar-refractivity contribution in [2.24, 2.45) is 5.73 Å². The lowest BCUT2D eigenvalue weighted by Gasteiger charge is -2.00. The average molecular weight is 147 g/mol. The van der Waals surface area contributed by atoms with E-state index in [4.69, 9.17) is 5.73 Å². The first-order valence-electron chi connectivity index (χ1n) is 3.10. The molecule has 0 rings (SSSR count). The third kappa shape index (κ3) is 5.86. The highest BCUT2D eigenvalue weighted by Gasteiger charge is 1.96. The molecule has 0 aliphatic carbocycles. The van der Waals surface area contributed by atoms with Crippen LogP contribution in [0.25, 0.3) is 0 Å². The van der Waals surface area contributed by atoms with E-state index in [1.54, 1.807) is 0 Å². The van der Waals surface area contributed by atoms with Crippen LogP contribution in [0.3, 0.4) is 0 Å². The molecule has 0 fully saturated rings. The van der Waals surface area contributed by atoms with Crippen LogP contribution in [0.1, 0.15) is 13.3 Å². The lowest BCUT2D eigenvalue weighted by Crippen LogP contribution is -2.21. The Kier molecular flexibility index (Phi) is 6.09. The lowest BCUT2D eigenvalue weighted by atomic mass is 10.3. The zero-order valence-electron chi connectivity index (χ0n) is 5.67. The topological polar surface area (TPSA) is 43.1 Å². The first-order chi connectivity index (χ1) is 4.31. The molecule has 3 heteroatoms. The molecule has 2 nitrogen and oxygen atoms in total. The third-order valence-corrected chi connectivity index (χ3v) is 1.91. The Labute approximate surface area is 60.2 Å². The number of nitrogens with two attached hydrogens (primary N) is 1. The molecule has 1 unspecified atom stereocenters. The highest BCUT2D eigenvalue weighted by molar-refractivity contribution is 7.99. The van der Waals surface area contributed by atoms with Crippen LogP contribution in [0.15, 0.2) is 0 Å². The van der Waals surface area contributed by atoms with E-state index in [9.17, 15) is 4.79 Å². The Morgan fingerprint density at radius 1 is 1.78 bits per heavy atom. The second-order valence-electron chi connectivity index (χ2n) is 1.79. The molecule has 0 spiro atoms. The predicted octanol–water partition coefficient (Wildman–Crippen LogP) is 0.656. The summed E-state index contributed by atoms with van der Waals surface area (Å²) in [5.74, 6) is 2.10. The van der Waals surface area contributed by atoms with Gasteiger partial charge in [0.2, 0.25) is 0 Å². The summed E-state index contributed by atoms with van der Waals surface area (Å²) in [7, 11) is 0. The summed E-state index contributed by atoms with van der Waals surface area (Å²) >= 11 is 1.81. The van der Waals surface area contributed by atoms with Crippen LogP contribution in [0.5, 0.6) is 0 Å². The minimum Gasteiger partial charge on any atom is -0.322 e. The van der Waals surface area contributed by atoms with Gasteiger partial charge < -0.3 is 10.5 Å². The number of carbonyl (C=O) groups is 1. The molecule has 0 bridgehead atoms. The van der Waals surface area contributed by atoms with Crippen LogP contribution in [-0.2, 0) is 4.79 Å². The minimum absolute atomic E-state index is 0.246. The highest BCUT2D eigenvalue weighted by Crippen LogP contribution is 2.01. The van der Waals surface area contributed by atoms with Gasteiger partial charge in [0.25, 0.3) is 0 Å². The van der Waals surface area contributed by atoms with Crippen molar-refractivity contribution >= 4 is 18.0 Å². The third-order valence-electron chi connectivity index (χ3n) is 0.974. The van der Waals surface area contributed by atoms with Crippen LogP contribution < -0.4 is 5.73 Å². The Balaban J connectivity index is 2.96. The first-order valence-corrected chi connectivity index (χ1v) is 4.25. The van der Waals surface area contributed by atoms with Gasteiger partial charge >= 0.3 is 0 Å². The maximum absolute atomic E-state index is 9.96. The summed E-state index contributed by atoms with van der Waals surface area (Å²) in [5.41, 5.74) is 5.33. The molecule has 0 aromatic heterocycles. The summed E-state index contributed by atoms with van der Waals surface area (Å²) in [6.07, 6.45) is 1.61. The van der Waals surface area contributed by atoms with E-state index in [-0.39, 0.29) is 6.04 Å². The Bertz CT molecular complexity index is 77.5. The second-order valence-corrected chi connectivity index (χ2v) is 3.18. The van der Waals surface area contributed by atoms with Crippen LogP contribution in [0, 0.1) is 0 Å². The molecule has 0 saturated heterocycles. The summed E-state index contributed by atoms with van der Waals surface area (Å²) in [6.45, 7) is 2.09. The summed E-state index contributed by atoms with van der Waals surface area (Å²) in [6, 6.07) is -0.246. The monoisotopic (exact) mass is 147 g/mol. The van der Waals surface area contributed by atoms with E-state index < -0.39 is 0 Å². The molecular weight excluding hydrogens is 134 g/mol. The second kappa shape index (κ2) is 6.11. The van der Waals surface area contributed by atoms with E-state index >= 15 is 0 Å². The summed E-state index contributed by atoms with van der Waals surface area (Å²) in [5, 5.41) is 0. The maximum Gasteiger partial charge on any atom is 0.136 e. The van der Waals surface area contributed by atoms with Gasteiger partial charge in [-0.25, -0.2) is 0 Å². The normalized spacial score (nSPS) is 13.1. The SMILES string of the molecule is CCSCCC(N)C=O. The van der Waals surface area contributed by atoms with Gasteiger partial charge in [-0.15, -0.1) is 0 Å². The molecule has 0 radical (unpaired) electrons. The van der Waals surface area contributed by atoms with Gasteiger partial charge in [-0.2, -0.15) is 11.8 Å². The number of hydrogen-bond donors (Lipinski definition) is 1. The van der Waals surface area contributed by atoms with Crippen molar-refractivity contribution in [2.75, 3.05) is 11.5 Å². The van der Waals surface area contributed by atoms with Crippen LogP contribution in [0.4, 0.5) is 0 Å². The maximum atomic E-state index is 9.96. The van der Waals surface area contributed by atoms with Crippen molar-refractivity contribution < 1.29 is 4.79 Å². The number of rotatable bonds is 5. The molecule has 2 N–H and O–H groups in total. The largest absolute Gasteiger partial charge is 0.322 e. The fourth-order valence-corrected chi connectivity index (χ4v) is 1.16. The van der Waals surface area contributed by atoms with E-state index in [0.29, 0.717) is 0 Å². The minimum atomic E-state index is -0.246. The van der Waals surface area contributed by atoms with E-state index in [0.717, 1.165) is 24.2 Å². The van der Waals surface area contributed by atoms with Crippen molar-refractivity contribution in [1.82, 2.24) is 0 Å². The highest BCUT2D eigenvalue weighted by atomic mass is 32.2. The fraction of sp³-hybridized carbons (Fsp3) is 0.833. The Hall–Kier alpha value is -0.0200. The van der Waals surface area contributed by atoms with Gasteiger partial charge in [0.1, 0.15) is 6.29 Å². The lowest BCUT2D eigenvalue weighted by molar-refractivity contribution is -0.108. The zero-order chi connectivity index (χ0) is 7.11. The smallest absolute Gasteiger partial charge is 0.136 e. The van der Waals surface area contributed by atoms with Crippen molar-refractivity contribution in [3.8, 4) is 0 Å². The number of hydrogen-bond acceptors (Lipinski definition) is 3. The van der Waals surface area contributed by atoms with Crippen molar-refractivity contribution in [1.29, 1.82) is 0 Å². The molecule has 9 heavy (non-hydrogen) atoms. The van der Waals surface area contributed by atoms with Gasteiger partial charge in [0.15, 0.2) is 0 Å². The summed E-state index contributed by atoms with van der Waals surface area (Å²) < 4.78 is 0. The average Bonchev–Trinajstić information content (AvgIpc) is 1.89. The molecular formula is C6H13NOS. The van der Waals surface area contributed by atoms with Crippen LogP contribution >= 0.6 is 11.8 Å². The molecule has 0 aromatic rings. The van der Waals surface area contributed by atoms with Gasteiger partial charge in [0.05, 0.1) is 6.04 Å². The van der Waals surface area contributed by atoms with E-state index in [2.05, 4.69) is 6.92 Å². The van der Waals surface area contributed by atoms with E-state index in [1.807, 2.05) is 11.8 Å². The molecule has 0 amide bonds. The molecule has 1 atom stereocenters. The molecule has 0 aliphatic rings. The summed E-state index contributed by atoms with van der Waals surface area (Å²) in [4.78, 5) is 9.96. The first kappa shape index (κ1) is 8.98. The quantitative estimate of drug-likeness (QED) is 0.459. The number of carbonyl (C=O) groups excluding carboxylic acids is 1. The molecule has 0 saturated carbocycles. The fourth-order valence-electron chi connectivity index (χ4n) is 0.432. The van der Waals surface area contributed by atoms with Crippen LogP contribution in [0.2, 0.25) is 0 Å². The van der Waals surface area contributed by atoms with Crippen molar-refractivity contribution in [3.63, 3.8) is 0 Å².